The van der Waals surface area contributed by atoms with Crippen molar-refractivity contribution in [3.63, 3.8) is 0 Å². The standard InChI is InChI=1S/C6H13F2NO2/c1-10-5(11-2)6(7,8)3-4-9/h5H,3-4,9H2,1-2H3. The molecule has 0 spiro atoms. The summed E-state index contributed by atoms with van der Waals surface area (Å²) in [6, 6.07) is 0. The quantitative estimate of drug-likeness (QED) is 0.612. The fourth-order valence-corrected chi connectivity index (χ4v) is 0.751. The number of rotatable bonds is 5. The molecule has 0 fully saturated rings. The Kier molecular flexibility index (Phi) is 4.48. The maximum absolute atomic E-state index is 12.8. The molecule has 0 heterocycles. The Bertz CT molecular complexity index is 107. The highest BCUT2D eigenvalue weighted by Gasteiger charge is 2.39. The van der Waals surface area contributed by atoms with Crippen LogP contribution < -0.4 is 5.73 Å². The van der Waals surface area contributed by atoms with Crippen LogP contribution in [0.25, 0.3) is 0 Å². The topological polar surface area (TPSA) is 44.5 Å². The predicted octanol–water partition coefficient (Wildman–Crippen LogP) is 0.589. The van der Waals surface area contributed by atoms with Gasteiger partial charge in [0.15, 0.2) is 0 Å². The van der Waals surface area contributed by atoms with E-state index in [0.29, 0.717) is 0 Å². The summed E-state index contributed by atoms with van der Waals surface area (Å²) in [5, 5.41) is 0. The Labute approximate surface area is 64.5 Å². The summed E-state index contributed by atoms with van der Waals surface area (Å²) in [5.74, 6) is -3.00. The van der Waals surface area contributed by atoms with E-state index < -0.39 is 18.6 Å². The van der Waals surface area contributed by atoms with Gasteiger partial charge >= 0.3 is 0 Å². The number of ether oxygens (including phenoxy) is 2. The Morgan fingerprint density at radius 3 is 2.09 bits per heavy atom. The fourth-order valence-electron chi connectivity index (χ4n) is 0.751. The number of hydrogen-bond acceptors (Lipinski definition) is 3. The highest BCUT2D eigenvalue weighted by molar-refractivity contribution is 4.70. The van der Waals surface area contributed by atoms with Gasteiger partial charge in [-0.05, 0) is 6.54 Å². The Hall–Kier alpha value is -0.260. The number of nitrogens with two attached hydrogens (primary N) is 1. The fraction of sp³-hybridized carbons (Fsp3) is 1.00. The molecule has 0 radical (unpaired) electrons. The van der Waals surface area contributed by atoms with Gasteiger partial charge in [-0.1, -0.05) is 0 Å². The van der Waals surface area contributed by atoms with E-state index in [1.165, 1.54) is 14.2 Å². The Balaban J connectivity index is 4.00. The summed E-state index contributed by atoms with van der Waals surface area (Å²) in [6.07, 6.45) is -1.93. The second-order valence-corrected chi connectivity index (χ2v) is 2.10. The van der Waals surface area contributed by atoms with Crippen molar-refractivity contribution in [2.24, 2.45) is 5.73 Å². The zero-order valence-corrected chi connectivity index (χ0v) is 6.64. The van der Waals surface area contributed by atoms with Crippen molar-refractivity contribution < 1.29 is 18.3 Å². The first-order valence-corrected chi connectivity index (χ1v) is 3.22. The zero-order chi connectivity index (χ0) is 8.91. The molecule has 0 aromatic carbocycles. The van der Waals surface area contributed by atoms with Crippen LogP contribution in [0.1, 0.15) is 6.42 Å². The predicted molar refractivity (Wildman–Crippen MR) is 36.4 cm³/mol. The molecule has 0 amide bonds. The van der Waals surface area contributed by atoms with Crippen LogP contribution in [0.15, 0.2) is 0 Å². The van der Waals surface area contributed by atoms with E-state index in [2.05, 4.69) is 9.47 Å². The maximum Gasteiger partial charge on any atom is 0.299 e. The Morgan fingerprint density at radius 1 is 1.36 bits per heavy atom. The third-order valence-electron chi connectivity index (χ3n) is 1.25. The van der Waals surface area contributed by atoms with Gasteiger partial charge in [0.25, 0.3) is 5.92 Å². The molecule has 0 saturated heterocycles. The van der Waals surface area contributed by atoms with Gasteiger partial charge in [-0.15, -0.1) is 0 Å². The normalized spacial score (nSPS) is 12.5. The molecule has 0 atom stereocenters. The second-order valence-electron chi connectivity index (χ2n) is 2.10. The molecule has 5 heteroatoms. The minimum atomic E-state index is -3.00. The molecular weight excluding hydrogens is 156 g/mol. The van der Waals surface area contributed by atoms with E-state index in [0.717, 1.165) is 0 Å². The molecule has 0 aromatic rings. The van der Waals surface area contributed by atoms with Crippen molar-refractivity contribution in [3.8, 4) is 0 Å². The van der Waals surface area contributed by atoms with Crippen LogP contribution in [0.2, 0.25) is 0 Å². The number of halogens is 2. The average Bonchev–Trinajstić information content (AvgIpc) is 1.89. The van der Waals surface area contributed by atoms with E-state index in [1.54, 1.807) is 0 Å². The number of hydrogen-bond donors (Lipinski definition) is 1. The van der Waals surface area contributed by atoms with Crippen molar-refractivity contribution in [2.45, 2.75) is 18.6 Å². The van der Waals surface area contributed by atoms with Crippen LogP contribution in [-0.4, -0.2) is 33.0 Å². The SMILES string of the molecule is COC(OC)C(F)(F)CCN. The van der Waals surface area contributed by atoms with Crippen LogP contribution in [0, 0.1) is 0 Å². The minimum Gasteiger partial charge on any atom is -0.351 e. The number of alkyl halides is 2. The van der Waals surface area contributed by atoms with Crippen molar-refractivity contribution in [1.82, 2.24) is 0 Å². The van der Waals surface area contributed by atoms with Crippen LogP contribution >= 0.6 is 0 Å². The van der Waals surface area contributed by atoms with Crippen LogP contribution in [0.4, 0.5) is 8.78 Å². The zero-order valence-electron chi connectivity index (χ0n) is 6.64. The third kappa shape index (κ3) is 3.09. The molecule has 0 saturated carbocycles. The summed E-state index contributed by atoms with van der Waals surface area (Å²) in [7, 11) is 2.33. The van der Waals surface area contributed by atoms with E-state index in [9.17, 15) is 8.78 Å². The van der Waals surface area contributed by atoms with Crippen molar-refractivity contribution in [2.75, 3.05) is 20.8 Å². The third-order valence-corrected chi connectivity index (χ3v) is 1.25. The van der Waals surface area contributed by atoms with Gasteiger partial charge in [-0.3, -0.25) is 0 Å². The van der Waals surface area contributed by atoms with Crippen molar-refractivity contribution >= 4 is 0 Å². The lowest BCUT2D eigenvalue weighted by atomic mass is 10.2. The minimum absolute atomic E-state index is 0.0871. The highest BCUT2D eigenvalue weighted by atomic mass is 19.3. The first kappa shape index (κ1) is 10.7. The summed E-state index contributed by atoms with van der Waals surface area (Å²) >= 11 is 0. The van der Waals surface area contributed by atoms with Crippen molar-refractivity contribution in [1.29, 1.82) is 0 Å². The molecule has 0 unspecified atom stereocenters. The lowest BCUT2D eigenvalue weighted by Crippen LogP contribution is -2.38. The summed E-state index contributed by atoms with van der Waals surface area (Å²) in [5.41, 5.74) is 4.97. The Morgan fingerprint density at radius 2 is 1.82 bits per heavy atom. The monoisotopic (exact) mass is 169 g/mol. The molecule has 0 aromatic heterocycles. The van der Waals surface area contributed by atoms with Gasteiger partial charge < -0.3 is 15.2 Å². The molecule has 0 aliphatic heterocycles. The molecule has 0 rings (SSSR count). The molecule has 3 nitrogen and oxygen atoms in total. The smallest absolute Gasteiger partial charge is 0.299 e. The van der Waals surface area contributed by atoms with E-state index in [4.69, 9.17) is 5.73 Å². The van der Waals surface area contributed by atoms with Gasteiger partial charge in [0.05, 0.1) is 0 Å². The highest BCUT2D eigenvalue weighted by Crippen LogP contribution is 2.24. The van der Waals surface area contributed by atoms with Gasteiger partial charge in [0.1, 0.15) is 0 Å². The molecule has 11 heavy (non-hydrogen) atoms. The van der Waals surface area contributed by atoms with E-state index in [-0.39, 0.29) is 6.54 Å². The number of methoxy groups -OCH3 is 2. The second kappa shape index (κ2) is 4.58. The van der Waals surface area contributed by atoms with Gasteiger partial charge in [0.2, 0.25) is 6.29 Å². The molecule has 68 valence electrons. The maximum atomic E-state index is 12.8. The molecule has 0 bridgehead atoms. The first-order valence-electron chi connectivity index (χ1n) is 3.22. The van der Waals surface area contributed by atoms with E-state index >= 15 is 0 Å². The van der Waals surface area contributed by atoms with Crippen LogP contribution in [0.5, 0.6) is 0 Å². The van der Waals surface area contributed by atoms with Crippen LogP contribution in [0.3, 0.4) is 0 Å². The summed E-state index contributed by atoms with van der Waals surface area (Å²) in [6.45, 7) is -0.0871. The van der Waals surface area contributed by atoms with Gasteiger partial charge in [0, 0.05) is 20.6 Å². The molecular formula is C6H13F2NO2. The lowest BCUT2D eigenvalue weighted by Gasteiger charge is -2.23. The van der Waals surface area contributed by atoms with Crippen molar-refractivity contribution in [3.05, 3.63) is 0 Å². The van der Waals surface area contributed by atoms with Crippen LogP contribution in [-0.2, 0) is 9.47 Å². The first-order chi connectivity index (χ1) is 5.08. The molecule has 0 aliphatic carbocycles. The molecule has 2 N–H and O–H groups in total. The lowest BCUT2D eigenvalue weighted by molar-refractivity contribution is -0.237. The molecule has 0 aliphatic rings. The largest absolute Gasteiger partial charge is 0.351 e. The average molecular weight is 169 g/mol. The summed E-state index contributed by atoms with van der Waals surface area (Å²) in [4.78, 5) is 0. The van der Waals surface area contributed by atoms with Gasteiger partial charge in [-0.2, -0.15) is 0 Å². The van der Waals surface area contributed by atoms with E-state index in [1.807, 2.05) is 0 Å². The van der Waals surface area contributed by atoms with Gasteiger partial charge in [-0.25, -0.2) is 8.78 Å². The summed E-state index contributed by atoms with van der Waals surface area (Å²) < 4.78 is 34.3.